The van der Waals surface area contributed by atoms with Gasteiger partial charge in [-0.1, -0.05) is 24.6 Å². The van der Waals surface area contributed by atoms with Crippen LogP contribution >= 0.6 is 11.6 Å². The molecular weight excluding hydrogens is 216 g/mol. The van der Waals surface area contributed by atoms with E-state index in [4.69, 9.17) is 16.7 Å². The van der Waals surface area contributed by atoms with Crippen molar-refractivity contribution in [3.05, 3.63) is 28.6 Å². The third-order valence-corrected chi connectivity index (χ3v) is 2.58. The summed E-state index contributed by atoms with van der Waals surface area (Å²) in [6, 6.07) is 0. The molecule has 1 N–H and O–H groups in total. The molecule has 0 aliphatic heterocycles. The highest BCUT2D eigenvalue weighted by atomic mass is 35.5. The van der Waals surface area contributed by atoms with Crippen LogP contribution in [0.25, 0.3) is 0 Å². The fourth-order valence-corrected chi connectivity index (χ4v) is 1.33. The van der Waals surface area contributed by atoms with Gasteiger partial charge in [0.2, 0.25) is 0 Å². The van der Waals surface area contributed by atoms with Gasteiger partial charge in [0.15, 0.2) is 0 Å². The average molecular weight is 229 g/mol. The summed E-state index contributed by atoms with van der Waals surface area (Å²) in [6.45, 7) is 4.09. The van der Waals surface area contributed by atoms with Crippen LogP contribution in [-0.2, 0) is 11.3 Å². The molecule has 0 unspecified atom stereocenters. The van der Waals surface area contributed by atoms with Crippen molar-refractivity contribution in [2.24, 2.45) is 0 Å². The number of carboxylic acids is 1. The molecule has 0 spiro atoms. The number of aromatic nitrogens is 2. The zero-order chi connectivity index (χ0) is 11.4. The SMILES string of the molecule is CCC(=CCn1ncc(Cl)c1C)C(=O)O. The number of hydrogen-bond acceptors (Lipinski definition) is 2. The first kappa shape index (κ1) is 11.8. The van der Waals surface area contributed by atoms with Crippen molar-refractivity contribution in [3.63, 3.8) is 0 Å². The lowest BCUT2D eigenvalue weighted by molar-refractivity contribution is -0.132. The molecule has 15 heavy (non-hydrogen) atoms. The number of halogens is 1. The van der Waals surface area contributed by atoms with Gasteiger partial charge in [0.1, 0.15) is 0 Å². The molecule has 1 aromatic rings. The van der Waals surface area contributed by atoms with Gasteiger partial charge < -0.3 is 5.11 Å². The Labute approximate surface area is 93.2 Å². The molecule has 0 fully saturated rings. The zero-order valence-corrected chi connectivity index (χ0v) is 9.45. The van der Waals surface area contributed by atoms with Crippen molar-refractivity contribution in [2.75, 3.05) is 0 Å². The summed E-state index contributed by atoms with van der Waals surface area (Å²) in [4.78, 5) is 10.7. The Kier molecular flexibility index (Phi) is 3.91. The van der Waals surface area contributed by atoms with Crippen LogP contribution in [-0.4, -0.2) is 20.9 Å². The molecule has 82 valence electrons. The summed E-state index contributed by atoms with van der Waals surface area (Å²) in [6.07, 6.45) is 3.71. The topological polar surface area (TPSA) is 55.1 Å². The first-order valence-corrected chi connectivity index (χ1v) is 5.04. The number of carbonyl (C=O) groups is 1. The standard InChI is InChI=1S/C10H13ClN2O2/c1-3-8(10(14)15)4-5-13-7(2)9(11)6-12-13/h4,6H,3,5H2,1-2H3,(H,14,15). The number of rotatable bonds is 4. The van der Waals surface area contributed by atoms with Crippen molar-refractivity contribution in [3.8, 4) is 0 Å². The zero-order valence-electron chi connectivity index (χ0n) is 8.70. The largest absolute Gasteiger partial charge is 0.478 e. The van der Waals surface area contributed by atoms with Gasteiger partial charge in [-0.3, -0.25) is 4.68 Å². The van der Waals surface area contributed by atoms with Crippen LogP contribution in [0.15, 0.2) is 17.8 Å². The number of hydrogen-bond donors (Lipinski definition) is 1. The second-order valence-electron chi connectivity index (χ2n) is 3.15. The third kappa shape index (κ3) is 2.83. The van der Waals surface area contributed by atoms with Crippen LogP contribution in [0.4, 0.5) is 0 Å². The highest BCUT2D eigenvalue weighted by molar-refractivity contribution is 6.31. The smallest absolute Gasteiger partial charge is 0.331 e. The van der Waals surface area contributed by atoms with Crippen LogP contribution in [0.2, 0.25) is 5.02 Å². The van der Waals surface area contributed by atoms with Gasteiger partial charge in [0.05, 0.1) is 23.5 Å². The normalized spacial score (nSPS) is 11.8. The minimum absolute atomic E-state index is 0.390. The Morgan fingerprint density at radius 1 is 1.73 bits per heavy atom. The maximum Gasteiger partial charge on any atom is 0.331 e. The predicted octanol–water partition coefficient (Wildman–Crippen LogP) is 2.27. The van der Waals surface area contributed by atoms with Crippen LogP contribution in [0.5, 0.6) is 0 Å². The quantitative estimate of drug-likeness (QED) is 0.805. The second-order valence-corrected chi connectivity index (χ2v) is 3.56. The molecule has 4 nitrogen and oxygen atoms in total. The summed E-state index contributed by atoms with van der Waals surface area (Å²) >= 11 is 5.82. The molecule has 1 rings (SSSR count). The average Bonchev–Trinajstić information content (AvgIpc) is 2.49. The summed E-state index contributed by atoms with van der Waals surface area (Å²) in [5.74, 6) is -0.881. The van der Waals surface area contributed by atoms with Crippen LogP contribution < -0.4 is 0 Å². The van der Waals surface area contributed by atoms with Crippen LogP contribution in [0, 0.1) is 6.92 Å². The van der Waals surface area contributed by atoms with Crippen LogP contribution in [0.1, 0.15) is 19.0 Å². The van der Waals surface area contributed by atoms with Crippen molar-refractivity contribution >= 4 is 17.6 Å². The Morgan fingerprint density at radius 2 is 2.40 bits per heavy atom. The molecule has 0 aromatic carbocycles. The lowest BCUT2D eigenvalue weighted by Gasteiger charge is -2.01. The number of aliphatic carboxylic acids is 1. The third-order valence-electron chi connectivity index (χ3n) is 2.21. The Hall–Kier alpha value is -1.29. The summed E-state index contributed by atoms with van der Waals surface area (Å²) < 4.78 is 1.67. The van der Waals surface area contributed by atoms with E-state index in [9.17, 15) is 4.79 Å². The fourth-order valence-electron chi connectivity index (χ4n) is 1.19. The minimum Gasteiger partial charge on any atom is -0.478 e. The highest BCUT2D eigenvalue weighted by Crippen LogP contribution is 2.13. The number of allylic oxidation sites excluding steroid dienone is 1. The van der Waals surface area contributed by atoms with E-state index >= 15 is 0 Å². The second kappa shape index (κ2) is 4.98. The number of nitrogens with zero attached hydrogens (tertiary/aromatic N) is 2. The maximum atomic E-state index is 10.7. The van der Waals surface area contributed by atoms with Gasteiger partial charge in [-0.25, -0.2) is 4.79 Å². The Morgan fingerprint density at radius 3 is 2.80 bits per heavy atom. The lowest BCUT2D eigenvalue weighted by atomic mass is 10.2. The lowest BCUT2D eigenvalue weighted by Crippen LogP contribution is -2.04. The molecule has 1 heterocycles. The number of carboxylic acid groups (broad SMARTS) is 1. The molecule has 0 saturated heterocycles. The van der Waals surface area contributed by atoms with E-state index in [1.54, 1.807) is 17.0 Å². The molecule has 0 bridgehead atoms. The Bertz CT molecular complexity index is 396. The van der Waals surface area contributed by atoms with Crippen molar-refractivity contribution in [1.29, 1.82) is 0 Å². The van der Waals surface area contributed by atoms with E-state index in [-0.39, 0.29) is 0 Å². The van der Waals surface area contributed by atoms with Gasteiger partial charge in [0, 0.05) is 5.57 Å². The predicted molar refractivity (Wildman–Crippen MR) is 58.0 cm³/mol. The monoisotopic (exact) mass is 228 g/mol. The summed E-state index contributed by atoms with van der Waals surface area (Å²) in [5.41, 5.74) is 1.23. The van der Waals surface area contributed by atoms with Gasteiger partial charge in [-0.15, -0.1) is 0 Å². The minimum atomic E-state index is -0.881. The summed E-state index contributed by atoms with van der Waals surface area (Å²) in [7, 11) is 0. The van der Waals surface area contributed by atoms with Crippen LogP contribution in [0.3, 0.4) is 0 Å². The molecule has 0 amide bonds. The van der Waals surface area contributed by atoms with E-state index in [0.717, 1.165) is 5.69 Å². The maximum absolute atomic E-state index is 10.7. The van der Waals surface area contributed by atoms with Crippen molar-refractivity contribution < 1.29 is 9.90 Å². The van der Waals surface area contributed by atoms with Gasteiger partial charge in [-0.2, -0.15) is 5.10 Å². The molecular formula is C10H13ClN2O2. The summed E-state index contributed by atoms with van der Waals surface area (Å²) in [5, 5.41) is 13.4. The molecule has 0 aliphatic rings. The van der Waals surface area contributed by atoms with Crippen molar-refractivity contribution in [1.82, 2.24) is 9.78 Å². The highest BCUT2D eigenvalue weighted by Gasteiger charge is 2.05. The van der Waals surface area contributed by atoms with E-state index in [0.29, 0.717) is 23.6 Å². The fraction of sp³-hybridized carbons (Fsp3) is 0.400. The van der Waals surface area contributed by atoms with Crippen molar-refractivity contribution in [2.45, 2.75) is 26.8 Å². The Balaban J connectivity index is 2.79. The molecule has 0 atom stereocenters. The van der Waals surface area contributed by atoms with E-state index in [2.05, 4.69) is 5.10 Å². The van der Waals surface area contributed by atoms with Gasteiger partial charge in [0.25, 0.3) is 0 Å². The molecule has 1 aromatic heterocycles. The molecule has 5 heteroatoms. The molecule has 0 saturated carbocycles. The molecule has 0 radical (unpaired) electrons. The van der Waals surface area contributed by atoms with E-state index < -0.39 is 5.97 Å². The van der Waals surface area contributed by atoms with Gasteiger partial charge in [-0.05, 0) is 13.3 Å². The van der Waals surface area contributed by atoms with E-state index in [1.807, 2.05) is 13.8 Å². The first-order chi connectivity index (χ1) is 7.06. The first-order valence-electron chi connectivity index (χ1n) is 4.66. The van der Waals surface area contributed by atoms with Gasteiger partial charge >= 0.3 is 5.97 Å². The van der Waals surface area contributed by atoms with E-state index in [1.165, 1.54) is 0 Å². The molecule has 0 aliphatic carbocycles.